The number of carbonyl (C=O) groups is 1. The lowest BCUT2D eigenvalue weighted by molar-refractivity contribution is 0.0965. The van der Waals surface area contributed by atoms with Gasteiger partial charge in [0.25, 0.3) is 5.91 Å². The molecule has 1 amide bonds. The molecule has 1 aromatic carbocycles. The predicted octanol–water partition coefficient (Wildman–Crippen LogP) is 4.75. The fourth-order valence-corrected chi connectivity index (χ4v) is 4.99. The van der Waals surface area contributed by atoms with Gasteiger partial charge in [0.05, 0.1) is 16.9 Å². The molecule has 1 aliphatic heterocycles. The van der Waals surface area contributed by atoms with Gasteiger partial charge in [-0.05, 0) is 76.9 Å². The minimum atomic E-state index is -0.440. The number of aryl methyl sites for hydroxylation is 1. The van der Waals surface area contributed by atoms with Gasteiger partial charge >= 0.3 is 0 Å². The molecule has 0 unspecified atom stereocenters. The number of aromatic nitrogens is 4. The van der Waals surface area contributed by atoms with Crippen LogP contribution in [0.25, 0.3) is 22.2 Å². The number of nitrogens with two attached hydrogens (primary N) is 1. The highest BCUT2D eigenvalue weighted by Crippen LogP contribution is 2.36. The van der Waals surface area contributed by atoms with Crippen molar-refractivity contribution in [3.05, 3.63) is 66.0 Å². The molecule has 4 heterocycles. The number of benzene rings is 1. The van der Waals surface area contributed by atoms with Gasteiger partial charge in [-0.25, -0.2) is 9.97 Å². The fourth-order valence-electron chi connectivity index (χ4n) is 4.99. The molecule has 8 nitrogen and oxygen atoms in total. The second-order valence-electron chi connectivity index (χ2n) is 10.4. The van der Waals surface area contributed by atoms with E-state index in [-0.39, 0.29) is 11.9 Å². The fraction of sp³-hybridized carbons (Fsp3) is 0.357. The largest absolute Gasteiger partial charge is 0.383 e. The van der Waals surface area contributed by atoms with Gasteiger partial charge in [-0.2, -0.15) is 5.10 Å². The van der Waals surface area contributed by atoms with E-state index in [1.54, 1.807) is 11.1 Å². The first kappa shape index (κ1) is 23.9. The molecule has 0 saturated carbocycles. The van der Waals surface area contributed by atoms with Crippen LogP contribution in [0.4, 0.5) is 11.6 Å². The van der Waals surface area contributed by atoms with E-state index in [1.165, 1.54) is 0 Å². The van der Waals surface area contributed by atoms with Crippen LogP contribution >= 0.6 is 0 Å². The number of hydrogen-bond donors (Lipinski definition) is 2. The van der Waals surface area contributed by atoms with Crippen molar-refractivity contribution >= 4 is 28.4 Å². The summed E-state index contributed by atoms with van der Waals surface area (Å²) in [6, 6.07) is 13.4. The summed E-state index contributed by atoms with van der Waals surface area (Å²) in [6.07, 6.45) is 5.69. The summed E-state index contributed by atoms with van der Waals surface area (Å²) in [5.41, 5.74) is 10.3. The molecule has 8 heteroatoms. The highest BCUT2D eigenvalue weighted by molar-refractivity contribution is 6.07. The predicted molar refractivity (Wildman–Crippen MR) is 144 cm³/mol. The monoisotopic (exact) mass is 483 g/mol. The molecule has 36 heavy (non-hydrogen) atoms. The number of fused-ring (bicyclic) bond motifs is 1. The van der Waals surface area contributed by atoms with Crippen molar-refractivity contribution in [2.24, 2.45) is 0 Å². The van der Waals surface area contributed by atoms with E-state index in [1.807, 2.05) is 76.4 Å². The first-order valence-corrected chi connectivity index (χ1v) is 12.5. The zero-order chi connectivity index (χ0) is 25.4. The minimum Gasteiger partial charge on any atom is -0.383 e. The van der Waals surface area contributed by atoms with E-state index in [2.05, 4.69) is 20.0 Å². The summed E-state index contributed by atoms with van der Waals surface area (Å²) in [5, 5.41) is 9.40. The molecule has 1 fully saturated rings. The summed E-state index contributed by atoms with van der Waals surface area (Å²) in [5.74, 6) is 0.988. The summed E-state index contributed by atoms with van der Waals surface area (Å²) in [4.78, 5) is 24.2. The van der Waals surface area contributed by atoms with Crippen LogP contribution in [0.3, 0.4) is 0 Å². The molecule has 5 rings (SSSR count). The molecule has 0 spiro atoms. The van der Waals surface area contributed by atoms with E-state index in [9.17, 15) is 4.79 Å². The van der Waals surface area contributed by atoms with Crippen LogP contribution in [0.5, 0.6) is 0 Å². The maximum Gasteiger partial charge on any atom is 0.259 e. The van der Waals surface area contributed by atoms with Gasteiger partial charge in [-0.3, -0.25) is 14.4 Å². The van der Waals surface area contributed by atoms with Gasteiger partial charge in [0, 0.05) is 35.6 Å². The van der Waals surface area contributed by atoms with E-state index in [4.69, 9.17) is 10.8 Å². The summed E-state index contributed by atoms with van der Waals surface area (Å²) in [6.45, 7) is 9.97. The van der Waals surface area contributed by atoms with Crippen LogP contribution in [0.2, 0.25) is 0 Å². The molecule has 1 atom stereocenters. The molecule has 3 aromatic heterocycles. The van der Waals surface area contributed by atoms with Crippen molar-refractivity contribution in [1.29, 1.82) is 0 Å². The number of piperidine rings is 1. The molecule has 0 bridgehead atoms. The summed E-state index contributed by atoms with van der Waals surface area (Å²) < 4.78 is 2.12. The van der Waals surface area contributed by atoms with E-state index in [0.29, 0.717) is 17.2 Å². The zero-order valence-electron chi connectivity index (χ0n) is 21.3. The number of pyridine rings is 2. The van der Waals surface area contributed by atoms with Crippen molar-refractivity contribution in [2.75, 3.05) is 23.7 Å². The molecule has 1 aliphatic rings. The maximum absolute atomic E-state index is 13.6. The SMILES string of the molecule is Cc1cnc(N)c2c(-c3ccc(C(=O)N(c4ccccn4)C(C)(C)C)cc3)nn([C@@H]3CCCNC3)c12. The van der Waals surface area contributed by atoms with Crippen LogP contribution < -0.4 is 16.0 Å². The lowest BCUT2D eigenvalue weighted by Crippen LogP contribution is -2.46. The maximum atomic E-state index is 13.6. The van der Waals surface area contributed by atoms with E-state index in [0.717, 1.165) is 53.7 Å². The number of hydrogen-bond acceptors (Lipinski definition) is 6. The second kappa shape index (κ2) is 9.35. The third kappa shape index (κ3) is 4.33. The van der Waals surface area contributed by atoms with Gasteiger partial charge in [0.1, 0.15) is 17.3 Å². The Morgan fingerprint density at radius 2 is 1.92 bits per heavy atom. The van der Waals surface area contributed by atoms with E-state index >= 15 is 0 Å². The first-order valence-electron chi connectivity index (χ1n) is 12.5. The minimum absolute atomic E-state index is 0.103. The quantitative estimate of drug-likeness (QED) is 0.434. The smallest absolute Gasteiger partial charge is 0.259 e. The van der Waals surface area contributed by atoms with Gasteiger partial charge in [0.15, 0.2) is 0 Å². The average molecular weight is 484 g/mol. The molecule has 3 N–H and O–H groups in total. The van der Waals surface area contributed by atoms with Crippen molar-refractivity contribution < 1.29 is 4.79 Å². The highest BCUT2D eigenvalue weighted by atomic mass is 16.2. The van der Waals surface area contributed by atoms with Crippen molar-refractivity contribution in [1.82, 2.24) is 25.1 Å². The van der Waals surface area contributed by atoms with Crippen LogP contribution in [0.15, 0.2) is 54.9 Å². The van der Waals surface area contributed by atoms with Gasteiger partial charge in [0.2, 0.25) is 0 Å². The Bertz CT molecular complexity index is 1380. The molecular formula is C28H33N7O. The molecule has 1 saturated heterocycles. The first-order chi connectivity index (χ1) is 17.3. The Morgan fingerprint density at radius 1 is 1.14 bits per heavy atom. The molecule has 186 valence electrons. The highest BCUT2D eigenvalue weighted by Gasteiger charge is 2.30. The second-order valence-corrected chi connectivity index (χ2v) is 10.4. The Hall–Kier alpha value is -3.78. The number of nitrogen functional groups attached to an aromatic ring is 1. The van der Waals surface area contributed by atoms with E-state index < -0.39 is 5.54 Å². The third-order valence-electron chi connectivity index (χ3n) is 6.71. The lowest BCUT2D eigenvalue weighted by atomic mass is 10.0. The van der Waals surface area contributed by atoms with Crippen molar-refractivity contribution in [3.63, 3.8) is 0 Å². The van der Waals surface area contributed by atoms with Crippen LogP contribution in [-0.4, -0.2) is 44.3 Å². The molecule has 4 aromatic rings. The number of nitrogens with one attached hydrogen (secondary N) is 1. The van der Waals surface area contributed by atoms with Crippen LogP contribution in [0, 0.1) is 6.92 Å². The number of rotatable bonds is 4. The van der Waals surface area contributed by atoms with Gasteiger partial charge < -0.3 is 11.1 Å². The molecular weight excluding hydrogens is 450 g/mol. The summed E-state index contributed by atoms with van der Waals surface area (Å²) >= 11 is 0. The number of nitrogens with zero attached hydrogens (tertiary/aromatic N) is 5. The van der Waals surface area contributed by atoms with Crippen LogP contribution in [0.1, 0.15) is 55.6 Å². The Kier molecular flexibility index (Phi) is 6.22. The Balaban J connectivity index is 1.55. The molecule has 0 radical (unpaired) electrons. The zero-order valence-corrected chi connectivity index (χ0v) is 21.3. The number of anilines is 2. The number of carbonyl (C=O) groups excluding carboxylic acids is 1. The topological polar surface area (TPSA) is 102 Å². The average Bonchev–Trinajstić information content (AvgIpc) is 3.29. The van der Waals surface area contributed by atoms with Crippen molar-refractivity contribution in [2.45, 2.75) is 52.1 Å². The summed E-state index contributed by atoms with van der Waals surface area (Å²) in [7, 11) is 0. The Labute approximate surface area is 211 Å². The Morgan fingerprint density at radius 3 is 2.56 bits per heavy atom. The number of amides is 1. The lowest BCUT2D eigenvalue weighted by Gasteiger charge is -2.34. The van der Waals surface area contributed by atoms with Gasteiger partial charge in [-0.1, -0.05) is 18.2 Å². The third-order valence-corrected chi connectivity index (χ3v) is 6.71. The van der Waals surface area contributed by atoms with Gasteiger partial charge in [-0.15, -0.1) is 0 Å². The standard InChI is InChI=1S/C28H33N7O/c1-18-16-32-26(29)23-24(33-35(25(18)23)21-8-7-14-30-17-21)19-10-12-20(13-11-19)27(36)34(28(2,3)4)22-9-5-6-15-31-22/h5-6,9-13,15-16,21,30H,7-8,14,17H2,1-4H3,(H2,29,32)/t21-/m1/s1. The normalized spacial score (nSPS) is 16.3. The van der Waals surface area contributed by atoms with Crippen molar-refractivity contribution in [3.8, 4) is 11.3 Å². The van der Waals surface area contributed by atoms with Crippen LogP contribution in [-0.2, 0) is 0 Å². The molecule has 0 aliphatic carbocycles.